The zero-order valence-corrected chi connectivity index (χ0v) is 18.3. The maximum absolute atomic E-state index is 9.82. The van der Waals surface area contributed by atoms with Gasteiger partial charge in [-0.05, 0) is 43.4 Å². The minimum absolute atomic E-state index is 0.145. The molecule has 10 heteroatoms. The van der Waals surface area contributed by atoms with E-state index < -0.39 is 0 Å². The highest BCUT2D eigenvalue weighted by molar-refractivity contribution is 7.80. The Hall–Kier alpha value is -3.40. The van der Waals surface area contributed by atoms with Gasteiger partial charge in [-0.1, -0.05) is 0 Å². The molecule has 1 aromatic carbocycles. The third-order valence-electron chi connectivity index (χ3n) is 5.10. The number of thiocarbonyl (C=S) groups is 1. The molecule has 0 saturated carbocycles. The van der Waals surface area contributed by atoms with Gasteiger partial charge in [0.25, 0.3) is 0 Å². The molecule has 9 nitrogen and oxygen atoms in total. The first-order valence-corrected chi connectivity index (χ1v) is 10.5. The normalized spacial score (nSPS) is 13.9. The highest BCUT2D eigenvalue weighted by atomic mass is 32.1. The summed E-state index contributed by atoms with van der Waals surface area (Å²) in [6, 6.07) is 9.35. The van der Waals surface area contributed by atoms with Crippen LogP contribution in [0, 0.1) is 0 Å². The van der Waals surface area contributed by atoms with Crippen LogP contribution in [0.25, 0.3) is 11.2 Å². The lowest BCUT2D eigenvalue weighted by Gasteiger charge is -2.36. The average molecular weight is 440 g/mol. The van der Waals surface area contributed by atoms with Crippen LogP contribution in [0.15, 0.2) is 36.5 Å². The molecular formula is C21H25N7O2S. The summed E-state index contributed by atoms with van der Waals surface area (Å²) >= 11 is 5.22. The predicted octanol–water partition coefficient (Wildman–Crippen LogP) is 2.37. The van der Waals surface area contributed by atoms with Gasteiger partial charge in [-0.2, -0.15) is 0 Å². The second kappa shape index (κ2) is 9.17. The zero-order valence-electron chi connectivity index (χ0n) is 17.5. The highest BCUT2D eigenvalue weighted by Gasteiger charge is 2.20. The summed E-state index contributed by atoms with van der Waals surface area (Å²) in [6.45, 7) is 6.01. The lowest BCUT2D eigenvalue weighted by Crippen LogP contribution is -2.46. The molecule has 0 radical (unpaired) electrons. The van der Waals surface area contributed by atoms with E-state index in [9.17, 15) is 5.11 Å². The van der Waals surface area contributed by atoms with Crippen LogP contribution in [0.1, 0.15) is 6.92 Å². The van der Waals surface area contributed by atoms with E-state index in [2.05, 4.69) is 30.4 Å². The Balaban J connectivity index is 1.46. The number of aromatic nitrogens is 3. The minimum atomic E-state index is 0.145. The van der Waals surface area contributed by atoms with Crippen molar-refractivity contribution in [2.75, 3.05) is 55.0 Å². The number of hydrogen-bond donors (Lipinski definition) is 3. The van der Waals surface area contributed by atoms with Crippen LogP contribution in [0.5, 0.6) is 11.5 Å². The van der Waals surface area contributed by atoms with E-state index in [4.69, 9.17) is 21.9 Å². The summed E-state index contributed by atoms with van der Waals surface area (Å²) in [7, 11) is 1.56. The van der Waals surface area contributed by atoms with Gasteiger partial charge in [-0.15, -0.1) is 0 Å². The summed E-state index contributed by atoms with van der Waals surface area (Å²) in [6.07, 6.45) is 1.65. The quantitative estimate of drug-likeness (QED) is 0.514. The fraction of sp³-hybridized carbons (Fsp3) is 0.333. The van der Waals surface area contributed by atoms with Gasteiger partial charge in [0.2, 0.25) is 0 Å². The molecule has 3 heterocycles. The van der Waals surface area contributed by atoms with Gasteiger partial charge in [0.1, 0.15) is 11.3 Å². The molecule has 1 aliphatic heterocycles. The molecule has 0 aliphatic carbocycles. The number of hydrogen-bond acceptors (Lipinski definition) is 8. The molecule has 3 N–H and O–H groups in total. The molecular weight excluding hydrogens is 414 g/mol. The largest absolute Gasteiger partial charge is 0.504 e. The Morgan fingerprint density at radius 2 is 1.90 bits per heavy atom. The number of methoxy groups -OCH3 is 1. The van der Waals surface area contributed by atoms with Crippen molar-refractivity contribution in [2.45, 2.75) is 6.92 Å². The van der Waals surface area contributed by atoms with Crippen molar-refractivity contribution in [1.82, 2.24) is 20.3 Å². The van der Waals surface area contributed by atoms with Crippen LogP contribution >= 0.6 is 12.2 Å². The van der Waals surface area contributed by atoms with Crippen LogP contribution < -0.4 is 25.2 Å². The average Bonchev–Trinajstić information content (AvgIpc) is 2.79. The predicted molar refractivity (Wildman–Crippen MR) is 126 cm³/mol. The number of nitrogens with zero attached hydrogens (tertiary/aromatic N) is 5. The lowest BCUT2D eigenvalue weighted by molar-refractivity contribution is 0.373. The Morgan fingerprint density at radius 3 is 2.65 bits per heavy atom. The van der Waals surface area contributed by atoms with Crippen molar-refractivity contribution >= 4 is 45.8 Å². The summed E-state index contributed by atoms with van der Waals surface area (Å²) in [5.41, 5.74) is 2.34. The zero-order chi connectivity index (χ0) is 21.8. The van der Waals surface area contributed by atoms with Gasteiger partial charge in [0.05, 0.1) is 13.3 Å². The summed E-state index contributed by atoms with van der Waals surface area (Å²) in [4.78, 5) is 18.2. The highest BCUT2D eigenvalue weighted by Crippen LogP contribution is 2.31. The number of nitrogens with one attached hydrogen (secondary N) is 2. The van der Waals surface area contributed by atoms with Crippen molar-refractivity contribution in [3.63, 3.8) is 0 Å². The molecule has 31 heavy (non-hydrogen) atoms. The monoisotopic (exact) mass is 439 g/mol. The first kappa shape index (κ1) is 20.9. The number of phenols is 1. The van der Waals surface area contributed by atoms with Crippen molar-refractivity contribution < 1.29 is 9.84 Å². The van der Waals surface area contributed by atoms with Gasteiger partial charge >= 0.3 is 0 Å². The molecule has 0 atom stereocenters. The Labute approximate surface area is 186 Å². The van der Waals surface area contributed by atoms with Crippen LogP contribution in [0.2, 0.25) is 0 Å². The Bertz CT molecular complexity index is 1090. The molecule has 4 rings (SSSR count). The van der Waals surface area contributed by atoms with E-state index in [0.717, 1.165) is 49.7 Å². The molecule has 1 aliphatic rings. The van der Waals surface area contributed by atoms with E-state index in [-0.39, 0.29) is 5.75 Å². The third-order valence-corrected chi connectivity index (χ3v) is 5.35. The number of rotatable bonds is 5. The van der Waals surface area contributed by atoms with Crippen molar-refractivity contribution in [1.29, 1.82) is 0 Å². The molecule has 2 aromatic heterocycles. The second-order valence-corrected chi connectivity index (χ2v) is 7.49. The molecule has 0 amide bonds. The summed E-state index contributed by atoms with van der Waals surface area (Å²) < 4.78 is 5.23. The van der Waals surface area contributed by atoms with Gasteiger partial charge in [0, 0.05) is 44.5 Å². The van der Waals surface area contributed by atoms with Crippen molar-refractivity contribution in [2.24, 2.45) is 0 Å². The number of ether oxygens (including phenoxy) is 1. The molecule has 0 bridgehead atoms. The van der Waals surface area contributed by atoms with Crippen LogP contribution in [0.3, 0.4) is 0 Å². The number of aromatic hydroxyl groups is 1. The first-order valence-electron chi connectivity index (χ1n) is 10.1. The first-order chi connectivity index (χ1) is 15.1. The molecule has 0 spiro atoms. The smallest absolute Gasteiger partial charge is 0.182 e. The van der Waals surface area contributed by atoms with Crippen LogP contribution in [-0.4, -0.2) is 65.0 Å². The fourth-order valence-corrected chi connectivity index (χ4v) is 3.75. The molecule has 1 saturated heterocycles. The maximum Gasteiger partial charge on any atom is 0.182 e. The fourth-order valence-electron chi connectivity index (χ4n) is 3.50. The molecule has 1 fully saturated rings. The standard InChI is InChI=1S/C21H25N7O2S/c1-3-22-21(31)25-18-13-23-15-5-7-19(26-20(15)24-18)28-10-8-27(9-11-28)14-4-6-16(29)17(12-14)30-2/h4-7,12-13,29H,3,8-11H2,1-2H3,(H2,22,24,25,26,31). The number of anilines is 3. The van der Waals surface area contributed by atoms with Gasteiger partial charge in [0.15, 0.2) is 28.1 Å². The number of phenolic OH excluding ortho intramolecular Hbond substituents is 1. The number of benzene rings is 1. The van der Waals surface area contributed by atoms with Crippen molar-refractivity contribution in [3.8, 4) is 11.5 Å². The van der Waals surface area contributed by atoms with E-state index in [1.54, 1.807) is 19.4 Å². The number of fused-ring (bicyclic) bond motifs is 1. The van der Waals surface area contributed by atoms with Crippen molar-refractivity contribution in [3.05, 3.63) is 36.5 Å². The lowest BCUT2D eigenvalue weighted by atomic mass is 10.2. The third kappa shape index (κ3) is 4.69. The molecule has 162 valence electrons. The van der Waals surface area contributed by atoms with E-state index in [0.29, 0.717) is 22.3 Å². The summed E-state index contributed by atoms with van der Waals surface area (Å²) in [5, 5.41) is 16.4. The van der Waals surface area contributed by atoms with E-state index >= 15 is 0 Å². The Kier molecular flexibility index (Phi) is 6.17. The Morgan fingerprint density at radius 1 is 1.13 bits per heavy atom. The summed E-state index contributed by atoms with van der Waals surface area (Å²) in [5.74, 6) is 2.06. The van der Waals surface area contributed by atoms with Crippen LogP contribution in [0.4, 0.5) is 17.3 Å². The van der Waals surface area contributed by atoms with Gasteiger partial charge < -0.3 is 30.3 Å². The SMILES string of the molecule is CCNC(=S)Nc1cnc2ccc(N3CCN(c4ccc(O)c(OC)c4)CC3)nc2n1. The number of pyridine rings is 1. The second-order valence-electron chi connectivity index (χ2n) is 7.08. The molecule has 3 aromatic rings. The molecule has 0 unspecified atom stereocenters. The minimum Gasteiger partial charge on any atom is -0.504 e. The van der Waals surface area contributed by atoms with E-state index in [1.807, 2.05) is 31.2 Å². The number of piperazine rings is 1. The maximum atomic E-state index is 9.82. The topological polar surface area (TPSA) is 98.7 Å². The van der Waals surface area contributed by atoms with Gasteiger partial charge in [-0.3, -0.25) is 0 Å². The van der Waals surface area contributed by atoms with E-state index in [1.165, 1.54) is 0 Å². The van der Waals surface area contributed by atoms with Gasteiger partial charge in [-0.25, -0.2) is 15.0 Å². The van der Waals surface area contributed by atoms with Crippen LogP contribution in [-0.2, 0) is 0 Å².